The van der Waals surface area contributed by atoms with Crippen molar-refractivity contribution in [3.05, 3.63) is 71.5 Å². The Morgan fingerprint density at radius 2 is 1.48 bits per heavy atom. The zero-order valence-corrected chi connectivity index (χ0v) is 16.4. The number of nitrogens with one attached hydrogen (secondary N) is 3. The Balaban J connectivity index is 1.91. The lowest BCUT2D eigenvalue weighted by atomic mass is 10.1. The minimum atomic E-state index is -1.57. The molecule has 164 valence electrons. The summed E-state index contributed by atoms with van der Waals surface area (Å²) in [6, 6.07) is 10.4. The predicted molar refractivity (Wildman–Crippen MR) is 108 cm³/mol. The average molecular weight is 431 g/mol. The summed E-state index contributed by atoms with van der Waals surface area (Å²) < 4.78 is 13.3. The van der Waals surface area contributed by atoms with Crippen LogP contribution < -0.4 is 16.0 Å². The number of carboxylic acids is 2. The fourth-order valence-corrected chi connectivity index (χ4v) is 2.73. The van der Waals surface area contributed by atoms with Crippen LogP contribution in [-0.4, -0.2) is 46.2 Å². The van der Waals surface area contributed by atoms with Crippen LogP contribution in [0.5, 0.6) is 0 Å². The molecular formula is C21H22FN3O6. The molecule has 2 unspecified atom stereocenters. The molecule has 2 aromatic rings. The highest BCUT2D eigenvalue weighted by atomic mass is 19.1. The van der Waals surface area contributed by atoms with Crippen LogP contribution in [0.3, 0.4) is 0 Å². The molecule has 0 saturated carbocycles. The van der Waals surface area contributed by atoms with Crippen LogP contribution in [-0.2, 0) is 27.3 Å². The average Bonchev–Trinajstić information content (AvgIpc) is 2.72. The topological polar surface area (TPSA) is 145 Å². The van der Waals surface area contributed by atoms with Gasteiger partial charge in [0, 0.05) is 13.0 Å². The Hall–Kier alpha value is -3.95. The number of benzene rings is 2. The first-order chi connectivity index (χ1) is 14.7. The molecule has 10 heteroatoms. The number of carbonyl (C=O) groups excluding carboxylic acids is 2. The van der Waals surface area contributed by atoms with E-state index in [2.05, 4.69) is 16.0 Å². The van der Waals surface area contributed by atoms with E-state index in [4.69, 9.17) is 0 Å². The minimum Gasteiger partial charge on any atom is -0.480 e. The molecule has 2 atom stereocenters. The van der Waals surface area contributed by atoms with Gasteiger partial charge in [-0.1, -0.05) is 42.5 Å². The first kappa shape index (κ1) is 23.3. The van der Waals surface area contributed by atoms with Gasteiger partial charge in [-0.2, -0.15) is 0 Å². The predicted octanol–water partition coefficient (Wildman–Crippen LogP) is 1.28. The Kier molecular flexibility index (Phi) is 8.50. The molecule has 0 heterocycles. The van der Waals surface area contributed by atoms with Crippen molar-refractivity contribution in [2.24, 2.45) is 0 Å². The van der Waals surface area contributed by atoms with E-state index >= 15 is 0 Å². The highest BCUT2D eigenvalue weighted by Crippen LogP contribution is 2.07. The standard InChI is InChI=1S/C21H22FN3O6/c22-15-8-4-7-14(9-15)10-16(19(27)28)24-18(26)11-17(20(29)30)25-21(31)23-12-13-5-2-1-3-6-13/h1-9,16-17H,10-12H2,(H,24,26)(H,27,28)(H,29,30)(H2,23,25,31). The van der Waals surface area contributed by atoms with Crippen LogP contribution in [0.1, 0.15) is 17.5 Å². The van der Waals surface area contributed by atoms with Gasteiger partial charge in [-0.3, -0.25) is 4.79 Å². The molecule has 0 spiro atoms. The highest BCUT2D eigenvalue weighted by molar-refractivity contribution is 5.90. The maximum atomic E-state index is 13.3. The SMILES string of the molecule is O=C(CC(NC(=O)NCc1ccccc1)C(=O)O)NC(Cc1cccc(F)c1)C(=O)O. The summed E-state index contributed by atoms with van der Waals surface area (Å²) in [7, 11) is 0. The van der Waals surface area contributed by atoms with Gasteiger partial charge in [0.05, 0.1) is 6.42 Å². The van der Waals surface area contributed by atoms with Gasteiger partial charge < -0.3 is 26.2 Å². The van der Waals surface area contributed by atoms with Crippen LogP contribution in [0, 0.1) is 5.82 Å². The van der Waals surface area contributed by atoms with Crippen LogP contribution in [0.25, 0.3) is 0 Å². The van der Waals surface area contributed by atoms with Gasteiger partial charge in [0.15, 0.2) is 0 Å². The van der Waals surface area contributed by atoms with Crippen molar-refractivity contribution < 1.29 is 33.8 Å². The maximum Gasteiger partial charge on any atom is 0.326 e. The van der Waals surface area contributed by atoms with Gasteiger partial charge in [-0.25, -0.2) is 18.8 Å². The van der Waals surface area contributed by atoms with Gasteiger partial charge in [0.25, 0.3) is 0 Å². The van der Waals surface area contributed by atoms with E-state index in [1.54, 1.807) is 30.3 Å². The third-order valence-electron chi connectivity index (χ3n) is 4.25. The number of urea groups is 1. The second kappa shape index (κ2) is 11.3. The van der Waals surface area contributed by atoms with Gasteiger partial charge in [0.1, 0.15) is 17.9 Å². The zero-order valence-electron chi connectivity index (χ0n) is 16.4. The fraction of sp³-hybridized carbons (Fsp3) is 0.238. The molecule has 2 rings (SSSR count). The Morgan fingerprint density at radius 3 is 2.10 bits per heavy atom. The summed E-state index contributed by atoms with van der Waals surface area (Å²) in [5, 5.41) is 25.5. The van der Waals surface area contributed by atoms with Crippen molar-refractivity contribution >= 4 is 23.9 Å². The smallest absolute Gasteiger partial charge is 0.326 e. The highest BCUT2D eigenvalue weighted by Gasteiger charge is 2.26. The lowest BCUT2D eigenvalue weighted by Gasteiger charge is -2.18. The molecule has 0 radical (unpaired) electrons. The second-order valence-corrected chi connectivity index (χ2v) is 6.70. The molecule has 3 amide bonds. The normalized spacial score (nSPS) is 12.3. The van der Waals surface area contributed by atoms with Crippen molar-refractivity contribution in [3.63, 3.8) is 0 Å². The first-order valence-electron chi connectivity index (χ1n) is 9.32. The number of aliphatic carboxylic acids is 2. The van der Waals surface area contributed by atoms with E-state index in [1.165, 1.54) is 18.2 Å². The van der Waals surface area contributed by atoms with E-state index < -0.39 is 48.2 Å². The second-order valence-electron chi connectivity index (χ2n) is 6.70. The molecular weight excluding hydrogens is 409 g/mol. The number of rotatable bonds is 10. The summed E-state index contributed by atoms with van der Waals surface area (Å²) in [4.78, 5) is 47.0. The lowest BCUT2D eigenvalue weighted by molar-refractivity contribution is -0.143. The molecule has 0 aliphatic rings. The largest absolute Gasteiger partial charge is 0.480 e. The molecule has 0 bridgehead atoms. The third-order valence-corrected chi connectivity index (χ3v) is 4.25. The molecule has 0 saturated heterocycles. The lowest BCUT2D eigenvalue weighted by Crippen LogP contribution is -2.50. The number of halogens is 1. The third kappa shape index (κ3) is 8.13. The molecule has 9 nitrogen and oxygen atoms in total. The quantitative estimate of drug-likeness (QED) is 0.383. The number of hydrogen-bond donors (Lipinski definition) is 5. The van der Waals surface area contributed by atoms with Gasteiger partial charge >= 0.3 is 18.0 Å². The molecule has 5 N–H and O–H groups in total. The summed E-state index contributed by atoms with van der Waals surface area (Å²) in [6.07, 6.45) is -0.872. The molecule has 0 aliphatic carbocycles. The molecule has 31 heavy (non-hydrogen) atoms. The van der Waals surface area contributed by atoms with E-state index in [-0.39, 0.29) is 13.0 Å². The van der Waals surface area contributed by atoms with E-state index in [0.717, 1.165) is 11.6 Å². The molecule has 2 aromatic carbocycles. The Labute approximate surface area is 177 Å². The maximum absolute atomic E-state index is 13.3. The summed E-state index contributed by atoms with van der Waals surface area (Å²) in [6.45, 7) is 0.153. The van der Waals surface area contributed by atoms with Crippen LogP contribution in [0.4, 0.5) is 9.18 Å². The van der Waals surface area contributed by atoms with Crippen molar-refractivity contribution in [1.82, 2.24) is 16.0 Å². The zero-order chi connectivity index (χ0) is 22.8. The van der Waals surface area contributed by atoms with Gasteiger partial charge in [-0.15, -0.1) is 0 Å². The fourth-order valence-electron chi connectivity index (χ4n) is 2.73. The number of amides is 3. The summed E-state index contributed by atoms with van der Waals surface area (Å²) in [5.74, 6) is -4.26. The minimum absolute atomic E-state index is 0.153. The molecule has 0 fully saturated rings. The van der Waals surface area contributed by atoms with E-state index in [1.807, 2.05) is 0 Å². The molecule has 0 aliphatic heterocycles. The summed E-state index contributed by atoms with van der Waals surface area (Å²) in [5.41, 5.74) is 1.14. The van der Waals surface area contributed by atoms with Crippen LogP contribution >= 0.6 is 0 Å². The van der Waals surface area contributed by atoms with Gasteiger partial charge in [0.2, 0.25) is 5.91 Å². The van der Waals surface area contributed by atoms with Crippen molar-refractivity contribution in [1.29, 1.82) is 0 Å². The van der Waals surface area contributed by atoms with E-state index in [9.17, 15) is 33.8 Å². The first-order valence-corrected chi connectivity index (χ1v) is 9.32. The Morgan fingerprint density at radius 1 is 0.839 bits per heavy atom. The summed E-state index contributed by atoms with van der Waals surface area (Å²) >= 11 is 0. The van der Waals surface area contributed by atoms with Crippen molar-refractivity contribution in [2.45, 2.75) is 31.5 Å². The Bertz CT molecular complexity index is 938. The van der Waals surface area contributed by atoms with Crippen LogP contribution in [0.15, 0.2) is 54.6 Å². The molecule has 0 aromatic heterocycles. The number of carboxylic acid groups (broad SMARTS) is 2. The monoisotopic (exact) mass is 431 g/mol. The van der Waals surface area contributed by atoms with Crippen LogP contribution in [0.2, 0.25) is 0 Å². The number of carbonyl (C=O) groups is 4. The van der Waals surface area contributed by atoms with Crippen molar-refractivity contribution in [3.8, 4) is 0 Å². The van der Waals surface area contributed by atoms with Gasteiger partial charge in [-0.05, 0) is 23.3 Å². The van der Waals surface area contributed by atoms with E-state index in [0.29, 0.717) is 5.56 Å². The number of hydrogen-bond acceptors (Lipinski definition) is 4. The van der Waals surface area contributed by atoms with Crippen molar-refractivity contribution in [2.75, 3.05) is 0 Å².